The van der Waals surface area contributed by atoms with Crippen molar-refractivity contribution < 1.29 is 8.42 Å². The van der Waals surface area contributed by atoms with Gasteiger partial charge in [0, 0.05) is 53.0 Å². The van der Waals surface area contributed by atoms with Crippen molar-refractivity contribution in [2.24, 2.45) is 0 Å². The Morgan fingerprint density at radius 1 is 1.11 bits per heavy atom. The van der Waals surface area contributed by atoms with Crippen LogP contribution in [0.1, 0.15) is 19.4 Å². The van der Waals surface area contributed by atoms with E-state index in [0.29, 0.717) is 22.5 Å². The molecule has 0 saturated heterocycles. The largest absolute Gasteiger partial charge is 0.383 e. The molecule has 3 N–H and O–H groups in total. The molecule has 35 heavy (non-hydrogen) atoms. The average Bonchev–Trinajstić information content (AvgIpc) is 3.51. The standard InChI is InChI=1S/C22H27ClN8O2S2/c1-3-30(4-2)11-10-24-20-12-17(23)9-8-16(20)13-25-19-6-5-7-21-18(19)14-27-31(21)35(32,33)29-22-26-15-28-34-22/h5-9,12,14-15,24-25H,3-4,10-11,13H2,1-2H3,(H,26,28,29). The molecular formula is C22H27ClN8O2S2. The van der Waals surface area contributed by atoms with Crippen LogP contribution in [0.15, 0.2) is 48.9 Å². The number of aromatic nitrogens is 4. The zero-order valence-corrected chi connectivity index (χ0v) is 21.8. The lowest BCUT2D eigenvalue weighted by Crippen LogP contribution is -2.28. The Kier molecular flexibility index (Phi) is 8.06. The van der Waals surface area contributed by atoms with Gasteiger partial charge in [-0.3, -0.25) is 0 Å². The number of fused-ring (bicyclic) bond motifs is 1. The van der Waals surface area contributed by atoms with Crippen LogP contribution in [0.5, 0.6) is 0 Å². The fraction of sp³-hybridized carbons (Fsp3) is 0.318. The number of nitrogens with one attached hydrogen (secondary N) is 3. The van der Waals surface area contributed by atoms with Crippen LogP contribution in [0.25, 0.3) is 10.9 Å². The Labute approximate surface area is 213 Å². The number of anilines is 3. The van der Waals surface area contributed by atoms with Crippen molar-refractivity contribution in [3.63, 3.8) is 0 Å². The first kappa shape index (κ1) is 25.2. The van der Waals surface area contributed by atoms with Gasteiger partial charge in [0.2, 0.25) is 5.13 Å². The summed E-state index contributed by atoms with van der Waals surface area (Å²) in [6.45, 7) is 8.57. The highest BCUT2D eigenvalue weighted by atomic mass is 35.5. The van der Waals surface area contributed by atoms with Crippen LogP contribution in [-0.2, 0) is 16.8 Å². The van der Waals surface area contributed by atoms with E-state index in [4.69, 9.17) is 11.6 Å². The molecule has 186 valence electrons. The highest BCUT2D eigenvalue weighted by Crippen LogP contribution is 2.27. The fourth-order valence-corrected chi connectivity index (χ4v) is 5.57. The van der Waals surface area contributed by atoms with E-state index in [9.17, 15) is 8.42 Å². The summed E-state index contributed by atoms with van der Waals surface area (Å²) in [4.78, 5) is 6.22. The molecule has 0 saturated carbocycles. The summed E-state index contributed by atoms with van der Waals surface area (Å²) in [5.74, 6) is 0. The molecule has 4 rings (SSSR count). The van der Waals surface area contributed by atoms with Gasteiger partial charge in [0.25, 0.3) is 0 Å². The van der Waals surface area contributed by atoms with Crippen LogP contribution in [-0.4, -0.2) is 58.0 Å². The maximum atomic E-state index is 12.8. The molecule has 0 radical (unpaired) electrons. The summed E-state index contributed by atoms with van der Waals surface area (Å²) >= 11 is 7.20. The first-order valence-electron chi connectivity index (χ1n) is 11.2. The number of hydrogen-bond donors (Lipinski definition) is 3. The molecule has 10 nitrogen and oxygen atoms in total. The molecule has 0 aliphatic heterocycles. The van der Waals surface area contributed by atoms with E-state index in [1.807, 2.05) is 24.3 Å². The maximum absolute atomic E-state index is 12.8. The number of halogens is 1. The Hall–Kier alpha value is -2.93. The third-order valence-corrected chi connectivity index (χ3v) is 7.71. The van der Waals surface area contributed by atoms with E-state index in [1.54, 1.807) is 12.1 Å². The van der Waals surface area contributed by atoms with Crippen molar-refractivity contribution in [3.05, 3.63) is 59.5 Å². The van der Waals surface area contributed by atoms with E-state index in [2.05, 4.69) is 48.6 Å². The first-order chi connectivity index (χ1) is 16.9. The van der Waals surface area contributed by atoms with E-state index in [-0.39, 0.29) is 5.13 Å². The van der Waals surface area contributed by atoms with Crippen LogP contribution in [0.4, 0.5) is 16.5 Å². The van der Waals surface area contributed by atoms with E-state index >= 15 is 0 Å². The number of benzene rings is 2. The minimum Gasteiger partial charge on any atom is -0.383 e. The molecule has 4 aromatic rings. The fourth-order valence-electron chi connectivity index (χ4n) is 3.69. The molecule has 2 aromatic heterocycles. The zero-order chi connectivity index (χ0) is 24.8. The highest BCUT2D eigenvalue weighted by Gasteiger charge is 2.20. The monoisotopic (exact) mass is 534 g/mol. The lowest BCUT2D eigenvalue weighted by Gasteiger charge is -2.20. The molecule has 0 spiro atoms. The normalized spacial score (nSPS) is 11.8. The molecule has 2 aromatic carbocycles. The lowest BCUT2D eigenvalue weighted by molar-refractivity contribution is 0.316. The third-order valence-electron chi connectivity index (χ3n) is 5.57. The summed E-state index contributed by atoms with van der Waals surface area (Å²) in [6.07, 6.45) is 2.82. The van der Waals surface area contributed by atoms with Gasteiger partial charge in [-0.1, -0.05) is 37.6 Å². The summed E-state index contributed by atoms with van der Waals surface area (Å²) in [5.41, 5.74) is 3.22. The third kappa shape index (κ3) is 6.01. The van der Waals surface area contributed by atoms with Gasteiger partial charge in [-0.15, -0.1) is 4.09 Å². The number of rotatable bonds is 12. The molecule has 0 aliphatic carbocycles. The lowest BCUT2D eigenvalue weighted by atomic mass is 10.1. The van der Waals surface area contributed by atoms with Crippen molar-refractivity contribution in [2.45, 2.75) is 20.4 Å². The minimum absolute atomic E-state index is 0.173. The van der Waals surface area contributed by atoms with Gasteiger partial charge in [-0.2, -0.15) is 17.9 Å². The predicted octanol–water partition coefficient (Wildman–Crippen LogP) is 4.11. The second-order valence-corrected chi connectivity index (χ2v) is 10.4. The first-order valence-corrected chi connectivity index (χ1v) is 13.8. The second kappa shape index (κ2) is 11.2. The van der Waals surface area contributed by atoms with Crippen molar-refractivity contribution in [2.75, 3.05) is 41.5 Å². The Bertz CT molecular complexity index is 1370. The van der Waals surface area contributed by atoms with Crippen molar-refractivity contribution in [1.29, 1.82) is 0 Å². The van der Waals surface area contributed by atoms with Crippen LogP contribution >= 0.6 is 23.1 Å². The van der Waals surface area contributed by atoms with Gasteiger partial charge >= 0.3 is 10.2 Å². The molecule has 0 unspecified atom stereocenters. The van der Waals surface area contributed by atoms with E-state index in [1.165, 1.54) is 12.5 Å². The Balaban J connectivity index is 1.51. The number of nitrogens with zero attached hydrogens (tertiary/aromatic N) is 5. The summed E-state index contributed by atoms with van der Waals surface area (Å²) in [5, 5.41) is 12.5. The van der Waals surface area contributed by atoms with Gasteiger partial charge < -0.3 is 15.5 Å². The minimum atomic E-state index is -3.98. The average molecular weight is 535 g/mol. The summed E-state index contributed by atoms with van der Waals surface area (Å²) in [7, 11) is -3.98. The number of hydrogen-bond acceptors (Lipinski definition) is 9. The van der Waals surface area contributed by atoms with Crippen LogP contribution in [0.3, 0.4) is 0 Å². The predicted molar refractivity (Wildman–Crippen MR) is 143 cm³/mol. The molecule has 0 bridgehead atoms. The van der Waals surface area contributed by atoms with Crippen molar-refractivity contribution in [3.8, 4) is 0 Å². The number of likely N-dealkylation sites (N-methyl/N-ethyl adjacent to an activating group) is 1. The van der Waals surface area contributed by atoms with E-state index < -0.39 is 10.2 Å². The Morgan fingerprint density at radius 2 is 1.94 bits per heavy atom. The smallest absolute Gasteiger partial charge is 0.345 e. The summed E-state index contributed by atoms with van der Waals surface area (Å²) in [6, 6.07) is 11.1. The molecule has 13 heteroatoms. The second-order valence-electron chi connectivity index (χ2n) is 7.69. The van der Waals surface area contributed by atoms with Crippen molar-refractivity contribution >= 4 is 60.8 Å². The quantitative estimate of drug-likeness (QED) is 0.248. The molecule has 0 atom stereocenters. The van der Waals surface area contributed by atoms with Gasteiger partial charge in [0.05, 0.1) is 11.7 Å². The maximum Gasteiger partial charge on any atom is 0.345 e. The van der Waals surface area contributed by atoms with Gasteiger partial charge in [0.15, 0.2) is 0 Å². The molecule has 0 amide bonds. The molecule has 2 heterocycles. The molecular weight excluding hydrogens is 508 g/mol. The van der Waals surface area contributed by atoms with Gasteiger partial charge in [0.1, 0.15) is 6.33 Å². The van der Waals surface area contributed by atoms with Gasteiger partial charge in [-0.25, -0.2) is 9.71 Å². The van der Waals surface area contributed by atoms with Crippen LogP contribution in [0, 0.1) is 0 Å². The topological polar surface area (TPSA) is 117 Å². The van der Waals surface area contributed by atoms with Gasteiger partial charge in [-0.05, 0) is 42.9 Å². The summed E-state index contributed by atoms with van der Waals surface area (Å²) < 4.78 is 32.8. The molecule has 0 fully saturated rings. The van der Waals surface area contributed by atoms with E-state index in [0.717, 1.165) is 58.7 Å². The zero-order valence-electron chi connectivity index (χ0n) is 19.4. The van der Waals surface area contributed by atoms with Crippen LogP contribution in [0.2, 0.25) is 5.02 Å². The Morgan fingerprint density at radius 3 is 2.69 bits per heavy atom. The van der Waals surface area contributed by atoms with Crippen molar-refractivity contribution in [1.82, 2.24) is 23.4 Å². The van der Waals surface area contributed by atoms with Crippen LogP contribution < -0.4 is 15.4 Å². The highest BCUT2D eigenvalue weighted by molar-refractivity contribution is 7.91. The SMILES string of the molecule is CCN(CC)CCNc1cc(Cl)ccc1CNc1cccc2c1cnn2S(=O)(=O)Nc1ncns1. The molecule has 0 aliphatic rings.